The van der Waals surface area contributed by atoms with Gasteiger partial charge in [-0.05, 0) is 161 Å². The first-order valence-electron chi connectivity index (χ1n) is 25.2. The van der Waals surface area contributed by atoms with Crippen LogP contribution in [0.1, 0.15) is 47.2 Å². The highest BCUT2D eigenvalue weighted by molar-refractivity contribution is 6.06. The molecule has 0 N–H and O–H groups in total. The van der Waals surface area contributed by atoms with Crippen molar-refractivity contribution in [2.75, 3.05) is 4.90 Å². The van der Waals surface area contributed by atoms with Gasteiger partial charge >= 0.3 is 0 Å². The fourth-order valence-electron chi connectivity index (χ4n) is 13.0. The first kappa shape index (κ1) is 40.9. The summed E-state index contributed by atoms with van der Waals surface area (Å²) in [6, 6.07) is 92.3. The Bertz CT molecular complexity index is 4130. The number of hydrogen-bond donors (Lipinski definition) is 0. The molecule has 0 atom stereocenters. The quantitative estimate of drug-likeness (QED) is 0.165. The second-order valence-electron chi connectivity index (χ2n) is 20.3. The van der Waals surface area contributed by atoms with E-state index in [9.17, 15) is 0 Å². The van der Waals surface area contributed by atoms with E-state index in [1.807, 2.05) is 12.1 Å². The molecule has 2 nitrogen and oxygen atoms in total. The van der Waals surface area contributed by atoms with Crippen molar-refractivity contribution >= 4 is 39.0 Å². The smallest absolute Gasteiger partial charge is 0.136 e. The molecular weight excluding hydrogens is 871 g/mol. The SMILES string of the molecule is CC1(C)c2ccccc2-c2ccc(N(c3ccc(-c4ccc5c(c4)C4(c6ccccc6-c6ccccc64)c4c(-c6ccccc6)cccc4-5)cc3)c3ccc(-c4ccc5c(c4)oc4ccccc45)cc3)cc21. The number of rotatable bonds is 6. The highest BCUT2D eigenvalue weighted by atomic mass is 16.3. The zero-order valence-corrected chi connectivity index (χ0v) is 40.0. The molecule has 1 heterocycles. The topological polar surface area (TPSA) is 16.4 Å². The molecule has 3 aliphatic carbocycles. The summed E-state index contributed by atoms with van der Waals surface area (Å²) in [6.07, 6.45) is 0. The lowest BCUT2D eigenvalue weighted by Gasteiger charge is -2.32. The first-order valence-corrected chi connectivity index (χ1v) is 25.2. The van der Waals surface area contributed by atoms with Gasteiger partial charge in [0.25, 0.3) is 0 Å². The largest absolute Gasteiger partial charge is 0.456 e. The molecule has 0 saturated heterocycles. The molecule has 3 aliphatic rings. The van der Waals surface area contributed by atoms with E-state index in [4.69, 9.17) is 4.42 Å². The highest BCUT2D eigenvalue weighted by Gasteiger charge is 2.53. The number of benzene rings is 11. The molecule has 1 aromatic heterocycles. The van der Waals surface area contributed by atoms with E-state index in [1.165, 1.54) is 89.0 Å². The summed E-state index contributed by atoms with van der Waals surface area (Å²) in [5.41, 5.74) is 27.6. The van der Waals surface area contributed by atoms with Gasteiger partial charge in [0, 0.05) is 33.2 Å². The summed E-state index contributed by atoms with van der Waals surface area (Å²) in [5.74, 6) is 0. The Hall–Kier alpha value is -8.98. The first-order chi connectivity index (χ1) is 35.4. The van der Waals surface area contributed by atoms with Crippen LogP contribution in [-0.4, -0.2) is 0 Å². The van der Waals surface area contributed by atoms with Gasteiger partial charge in [-0.2, -0.15) is 0 Å². The molecule has 11 aromatic carbocycles. The Morgan fingerprint density at radius 1 is 0.292 bits per heavy atom. The molecule has 12 aromatic rings. The maximum absolute atomic E-state index is 6.31. The molecule has 2 heteroatoms. The zero-order chi connectivity index (χ0) is 47.7. The van der Waals surface area contributed by atoms with Crippen LogP contribution >= 0.6 is 0 Å². The Balaban J connectivity index is 0.859. The van der Waals surface area contributed by atoms with Crippen LogP contribution in [0.5, 0.6) is 0 Å². The molecule has 0 radical (unpaired) electrons. The molecule has 1 spiro atoms. The third-order valence-electron chi connectivity index (χ3n) is 16.3. The zero-order valence-electron chi connectivity index (χ0n) is 40.0. The maximum atomic E-state index is 6.31. The normalized spacial score (nSPS) is 13.9. The molecule has 338 valence electrons. The molecule has 0 aliphatic heterocycles. The number of nitrogens with zero attached hydrogens (tertiary/aromatic N) is 1. The van der Waals surface area contributed by atoms with E-state index in [-0.39, 0.29) is 5.41 Å². The number of furan rings is 1. The molecule has 0 saturated carbocycles. The molecule has 0 fully saturated rings. The molecule has 15 rings (SSSR count). The van der Waals surface area contributed by atoms with Crippen LogP contribution in [0.25, 0.3) is 88.7 Å². The molecule has 72 heavy (non-hydrogen) atoms. The molecule has 0 amide bonds. The Kier molecular flexibility index (Phi) is 8.66. The van der Waals surface area contributed by atoms with Gasteiger partial charge in [0.05, 0.1) is 5.41 Å². The third kappa shape index (κ3) is 5.72. The lowest BCUT2D eigenvalue weighted by molar-refractivity contribution is 0.660. The van der Waals surface area contributed by atoms with Crippen molar-refractivity contribution in [2.45, 2.75) is 24.7 Å². The lowest BCUT2D eigenvalue weighted by atomic mass is 9.68. The van der Waals surface area contributed by atoms with Crippen LogP contribution in [0.4, 0.5) is 17.1 Å². The van der Waals surface area contributed by atoms with Gasteiger partial charge in [0.2, 0.25) is 0 Å². The van der Waals surface area contributed by atoms with E-state index >= 15 is 0 Å². The summed E-state index contributed by atoms with van der Waals surface area (Å²) < 4.78 is 6.31. The Morgan fingerprint density at radius 3 is 1.49 bits per heavy atom. The van der Waals surface area contributed by atoms with Crippen molar-refractivity contribution in [3.8, 4) is 66.8 Å². The Labute approximate surface area is 419 Å². The van der Waals surface area contributed by atoms with Crippen molar-refractivity contribution in [1.82, 2.24) is 0 Å². The number of anilines is 3. The predicted molar refractivity (Wildman–Crippen MR) is 299 cm³/mol. The van der Waals surface area contributed by atoms with Crippen molar-refractivity contribution < 1.29 is 4.42 Å². The summed E-state index contributed by atoms with van der Waals surface area (Å²) >= 11 is 0. The van der Waals surface area contributed by atoms with Crippen molar-refractivity contribution in [3.05, 3.63) is 282 Å². The van der Waals surface area contributed by atoms with Crippen molar-refractivity contribution in [1.29, 1.82) is 0 Å². The van der Waals surface area contributed by atoms with Crippen LogP contribution in [0, 0.1) is 0 Å². The lowest BCUT2D eigenvalue weighted by Crippen LogP contribution is -2.26. The molecular formula is C70H47NO. The molecule has 0 unspecified atom stereocenters. The maximum Gasteiger partial charge on any atom is 0.136 e. The summed E-state index contributed by atoms with van der Waals surface area (Å²) in [4.78, 5) is 2.42. The minimum atomic E-state index is -0.484. The second-order valence-corrected chi connectivity index (χ2v) is 20.3. The van der Waals surface area contributed by atoms with Crippen LogP contribution < -0.4 is 4.90 Å². The standard InChI is InChI=1S/C70H47NO/c1-69(2)61-23-10-6-17-53(61)56-40-37-51(43-64(56)69)71(50-35-29-45(30-36-50)48-32-39-59-58-20-9-13-26-66(58)72-67(59)42-48)49-33-27-44(28-34-49)47-31-38-57-60-22-14-21-52(46-15-4-3-5-16-46)68(60)70(65(57)41-47)62-24-11-7-18-54(62)55-19-8-12-25-63(55)70/h3-43H,1-2H3. The number of fused-ring (bicyclic) bond motifs is 16. The summed E-state index contributed by atoms with van der Waals surface area (Å²) in [7, 11) is 0. The number of para-hydroxylation sites is 1. The average Bonchev–Trinajstić information content (AvgIpc) is 4.13. The van der Waals surface area contributed by atoms with Gasteiger partial charge in [0.1, 0.15) is 11.2 Å². The monoisotopic (exact) mass is 917 g/mol. The van der Waals surface area contributed by atoms with Crippen molar-refractivity contribution in [3.63, 3.8) is 0 Å². The highest BCUT2D eigenvalue weighted by Crippen LogP contribution is 2.65. The van der Waals surface area contributed by atoms with Gasteiger partial charge in [-0.15, -0.1) is 0 Å². The van der Waals surface area contributed by atoms with Crippen LogP contribution in [0.3, 0.4) is 0 Å². The van der Waals surface area contributed by atoms with Crippen LogP contribution in [-0.2, 0) is 10.8 Å². The predicted octanol–water partition coefficient (Wildman–Crippen LogP) is 18.7. The molecule has 0 bridgehead atoms. The van der Waals surface area contributed by atoms with Crippen LogP contribution in [0.15, 0.2) is 253 Å². The van der Waals surface area contributed by atoms with E-state index in [0.29, 0.717) is 0 Å². The van der Waals surface area contributed by atoms with E-state index in [2.05, 4.69) is 255 Å². The van der Waals surface area contributed by atoms with Crippen LogP contribution in [0.2, 0.25) is 0 Å². The third-order valence-corrected chi connectivity index (χ3v) is 16.3. The number of hydrogen-bond acceptors (Lipinski definition) is 2. The minimum absolute atomic E-state index is 0.136. The van der Waals surface area contributed by atoms with E-state index in [0.717, 1.165) is 50.1 Å². The van der Waals surface area contributed by atoms with Gasteiger partial charge in [0.15, 0.2) is 0 Å². The average molecular weight is 918 g/mol. The van der Waals surface area contributed by atoms with E-state index < -0.39 is 5.41 Å². The van der Waals surface area contributed by atoms with E-state index in [1.54, 1.807) is 0 Å². The Morgan fingerprint density at radius 2 is 0.778 bits per heavy atom. The van der Waals surface area contributed by atoms with Crippen molar-refractivity contribution in [2.24, 2.45) is 0 Å². The van der Waals surface area contributed by atoms with Gasteiger partial charge in [-0.25, -0.2) is 0 Å². The fourth-order valence-corrected chi connectivity index (χ4v) is 13.0. The fraction of sp³-hybridized carbons (Fsp3) is 0.0571. The second kappa shape index (κ2) is 15.3. The van der Waals surface area contributed by atoms with Gasteiger partial charge in [-0.3, -0.25) is 0 Å². The minimum Gasteiger partial charge on any atom is -0.456 e. The summed E-state index contributed by atoms with van der Waals surface area (Å²) in [6.45, 7) is 4.72. The van der Waals surface area contributed by atoms with Gasteiger partial charge < -0.3 is 9.32 Å². The van der Waals surface area contributed by atoms with Gasteiger partial charge in [-0.1, -0.05) is 202 Å². The summed E-state index contributed by atoms with van der Waals surface area (Å²) in [5, 5.41) is 2.28.